The Bertz CT molecular complexity index is 1220. The lowest BCUT2D eigenvalue weighted by Crippen LogP contribution is -2.39. The van der Waals surface area contributed by atoms with E-state index in [0.29, 0.717) is 30.1 Å². The van der Waals surface area contributed by atoms with Gasteiger partial charge in [-0.15, -0.1) is 0 Å². The molecule has 2 heterocycles. The third-order valence-corrected chi connectivity index (χ3v) is 8.03. The zero-order valence-corrected chi connectivity index (χ0v) is 21.2. The first kappa shape index (κ1) is 26.4. The van der Waals surface area contributed by atoms with Crippen molar-refractivity contribution in [1.82, 2.24) is 9.80 Å². The number of carbonyl (C=O) groups is 1. The highest BCUT2D eigenvalue weighted by Crippen LogP contribution is 2.38. The average Bonchev–Trinajstić information content (AvgIpc) is 3.34. The number of likely N-dealkylation sites (tertiary alicyclic amines) is 2. The second-order valence-corrected chi connectivity index (χ2v) is 10.6. The molecule has 3 aromatic rings. The fourth-order valence-electron chi connectivity index (χ4n) is 5.97. The Morgan fingerprint density at radius 1 is 0.868 bits per heavy atom. The topological polar surface area (TPSA) is 23.6 Å². The van der Waals surface area contributed by atoms with Gasteiger partial charge in [-0.25, -0.2) is 4.39 Å². The molecule has 0 N–H and O–H groups in total. The lowest BCUT2D eigenvalue weighted by atomic mass is 9.86. The van der Waals surface area contributed by atoms with Gasteiger partial charge in [-0.3, -0.25) is 4.79 Å². The van der Waals surface area contributed by atoms with Gasteiger partial charge in [-0.1, -0.05) is 48.5 Å². The summed E-state index contributed by atoms with van der Waals surface area (Å²) in [6.45, 7) is 3.41. The van der Waals surface area contributed by atoms with E-state index in [0.717, 1.165) is 45.0 Å². The molecule has 38 heavy (non-hydrogen) atoms. The number of hydrogen-bond acceptors (Lipinski definition) is 2. The predicted octanol–water partition coefficient (Wildman–Crippen LogP) is 6.66. The van der Waals surface area contributed by atoms with Crippen molar-refractivity contribution in [3.8, 4) is 0 Å². The molecule has 0 saturated carbocycles. The van der Waals surface area contributed by atoms with E-state index in [9.17, 15) is 22.4 Å². The Morgan fingerprint density at radius 2 is 1.58 bits per heavy atom. The molecule has 0 bridgehead atoms. The first-order valence-electron chi connectivity index (χ1n) is 13.2. The van der Waals surface area contributed by atoms with Crippen LogP contribution in [-0.4, -0.2) is 48.4 Å². The van der Waals surface area contributed by atoms with Gasteiger partial charge >= 0.3 is 6.18 Å². The fraction of sp³-hybridized carbons (Fsp3) is 0.387. The monoisotopic (exact) mass is 524 g/mol. The van der Waals surface area contributed by atoms with Crippen LogP contribution in [0.1, 0.15) is 45.8 Å². The molecule has 2 atom stereocenters. The molecule has 2 aliphatic heterocycles. The van der Waals surface area contributed by atoms with E-state index in [1.807, 2.05) is 6.07 Å². The van der Waals surface area contributed by atoms with Gasteiger partial charge in [0.05, 0.1) is 5.56 Å². The van der Waals surface area contributed by atoms with Crippen LogP contribution in [-0.2, 0) is 12.6 Å². The Labute approximate surface area is 221 Å². The largest absolute Gasteiger partial charge is 0.416 e. The van der Waals surface area contributed by atoms with E-state index < -0.39 is 17.6 Å². The molecule has 200 valence electrons. The maximum Gasteiger partial charge on any atom is 0.416 e. The minimum Gasteiger partial charge on any atom is -0.338 e. The second kappa shape index (κ2) is 11.3. The summed E-state index contributed by atoms with van der Waals surface area (Å²) >= 11 is 0. The Morgan fingerprint density at radius 3 is 2.26 bits per heavy atom. The summed E-state index contributed by atoms with van der Waals surface area (Å²) in [6.07, 6.45) is -1.21. The molecule has 3 aromatic carbocycles. The molecule has 2 saturated heterocycles. The van der Waals surface area contributed by atoms with Gasteiger partial charge in [0.1, 0.15) is 5.82 Å². The van der Waals surface area contributed by atoms with E-state index in [2.05, 4.69) is 29.2 Å². The molecular formula is C31H32F4N2O. The van der Waals surface area contributed by atoms with E-state index >= 15 is 0 Å². The molecule has 2 aliphatic rings. The summed E-state index contributed by atoms with van der Waals surface area (Å²) < 4.78 is 53.8. The van der Waals surface area contributed by atoms with Gasteiger partial charge in [0, 0.05) is 31.1 Å². The SMILES string of the molecule is O=C(c1ccc(F)cc1)N1C[C@H](CN2CCC(Cc3ccccc3)CC2)[C@H](c2cccc(C(F)(F)F)c2)C1. The van der Waals surface area contributed by atoms with Crippen LogP contribution in [0.25, 0.3) is 0 Å². The molecule has 3 nitrogen and oxygen atoms in total. The van der Waals surface area contributed by atoms with E-state index in [1.54, 1.807) is 11.0 Å². The molecule has 7 heteroatoms. The van der Waals surface area contributed by atoms with Crippen LogP contribution in [0.2, 0.25) is 0 Å². The van der Waals surface area contributed by atoms with Crippen LogP contribution in [0.5, 0.6) is 0 Å². The summed E-state index contributed by atoms with van der Waals surface area (Å²) in [7, 11) is 0. The zero-order valence-electron chi connectivity index (χ0n) is 21.2. The standard InChI is InChI=1S/C31H32F4N2O/c32-28-11-9-24(10-12-28)30(38)37-20-26(29(21-37)25-7-4-8-27(18-25)31(33,34)35)19-36-15-13-23(14-16-36)17-22-5-2-1-3-6-22/h1-12,18,23,26,29H,13-17,19-21H2/t26-,29-/m0/s1. The highest BCUT2D eigenvalue weighted by molar-refractivity contribution is 5.94. The molecular weight excluding hydrogens is 492 g/mol. The normalized spacial score (nSPS) is 21.1. The van der Waals surface area contributed by atoms with Gasteiger partial charge in [-0.05, 0) is 85.6 Å². The summed E-state index contributed by atoms with van der Waals surface area (Å²) in [5.41, 5.74) is 1.68. The number of halogens is 4. The highest BCUT2D eigenvalue weighted by atomic mass is 19.4. The molecule has 0 spiro atoms. The number of rotatable bonds is 6. The summed E-state index contributed by atoms with van der Waals surface area (Å²) in [6, 6.07) is 21.4. The first-order chi connectivity index (χ1) is 18.3. The Balaban J connectivity index is 1.30. The minimum absolute atomic E-state index is 0.00792. The smallest absolute Gasteiger partial charge is 0.338 e. The van der Waals surface area contributed by atoms with Crippen molar-refractivity contribution >= 4 is 5.91 Å². The third-order valence-electron chi connectivity index (χ3n) is 8.03. The van der Waals surface area contributed by atoms with Crippen molar-refractivity contribution < 1.29 is 22.4 Å². The highest BCUT2D eigenvalue weighted by Gasteiger charge is 2.39. The van der Waals surface area contributed by atoms with Crippen molar-refractivity contribution in [3.63, 3.8) is 0 Å². The van der Waals surface area contributed by atoms with Gasteiger partial charge < -0.3 is 9.80 Å². The maximum absolute atomic E-state index is 13.5. The molecule has 0 aromatic heterocycles. The van der Waals surface area contributed by atoms with Crippen LogP contribution in [0.4, 0.5) is 17.6 Å². The van der Waals surface area contributed by atoms with E-state index in [-0.39, 0.29) is 17.7 Å². The molecule has 1 amide bonds. The van der Waals surface area contributed by atoms with Crippen molar-refractivity contribution in [3.05, 3.63) is 107 Å². The Hall–Kier alpha value is -3.19. The second-order valence-electron chi connectivity index (χ2n) is 10.6. The van der Waals surface area contributed by atoms with Crippen LogP contribution in [0.3, 0.4) is 0 Å². The number of hydrogen-bond donors (Lipinski definition) is 0. The van der Waals surface area contributed by atoms with Crippen molar-refractivity contribution in [2.75, 3.05) is 32.7 Å². The number of benzene rings is 3. The quantitative estimate of drug-likeness (QED) is 0.337. The van der Waals surface area contributed by atoms with Crippen LogP contribution in [0, 0.1) is 17.7 Å². The minimum atomic E-state index is -4.42. The number of nitrogens with zero attached hydrogens (tertiary/aromatic N) is 2. The number of alkyl halides is 3. The zero-order chi connectivity index (χ0) is 26.7. The Kier molecular flexibility index (Phi) is 7.84. The summed E-state index contributed by atoms with van der Waals surface area (Å²) in [5, 5.41) is 0. The lowest BCUT2D eigenvalue weighted by Gasteiger charge is -2.34. The molecule has 0 aliphatic carbocycles. The van der Waals surface area contributed by atoms with Gasteiger partial charge in [-0.2, -0.15) is 13.2 Å². The van der Waals surface area contributed by atoms with Crippen LogP contribution >= 0.6 is 0 Å². The van der Waals surface area contributed by atoms with Crippen LogP contribution in [0.15, 0.2) is 78.9 Å². The van der Waals surface area contributed by atoms with Crippen molar-refractivity contribution in [2.24, 2.45) is 11.8 Å². The van der Waals surface area contributed by atoms with Crippen molar-refractivity contribution in [2.45, 2.75) is 31.4 Å². The average molecular weight is 525 g/mol. The summed E-state index contributed by atoms with van der Waals surface area (Å²) in [4.78, 5) is 17.3. The van der Waals surface area contributed by atoms with Crippen LogP contribution < -0.4 is 0 Å². The first-order valence-corrected chi connectivity index (χ1v) is 13.2. The maximum atomic E-state index is 13.5. The lowest BCUT2D eigenvalue weighted by molar-refractivity contribution is -0.137. The third kappa shape index (κ3) is 6.26. The number of carbonyl (C=O) groups excluding carboxylic acids is 1. The van der Waals surface area contributed by atoms with Crippen molar-refractivity contribution in [1.29, 1.82) is 0 Å². The summed E-state index contributed by atoms with van der Waals surface area (Å²) in [5.74, 6) is -0.213. The fourth-order valence-corrected chi connectivity index (χ4v) is 5.97. The van der Waals surface area contributed by atoms with Gasteiger partial charge in [0.25, 0.3) is 5.91 Å². The number of piperidine rings is 1. The molecule has 0 radical (unpaired) electrons. The van der Waals surface area contributed by atoms with E-state index in [1.165, 1.54) is 42.0 Å². The van der Waals surface area contributed by atoms with Gasteiger partial charge in [0.15, 0.2) is 0 Å². The van der Waals surface area contributed by atoms with E-state index in [4.69, 9.17) is 0 Å². The molecule has 5 rings (SSSR count). The molecule has 2 fully saturated rings. The predicted molar refractivity (Wildman–Crippen MR) is 139 cm³/mol. The number of amides is 1. The van der Waals surface area contributed by atoms with Gasteiger partial charge in [0.2, 0.25) is 0 Å². The molecule has 0 unspecified atom stereocenters.